The van der Waals surface area contributed by atoms with Crippen LogP contribution in [0.25, 0.3) is 0 Å². The summed E-state index contributed by atoms with van der Waals surface area (Å²) < 4.78 is 0. The Labute approximate surface area is 122 Å². The Morgan fingerprint density at radius 3 is 2.15 bits per heavy atom. The lowest BCUT2D eigenvalue weighted by atomic mass is 9.99. The minimum absolute atomic E-state index is 0.101. The van der Waals surface area contributed by atoms with Gasteiger partial charge in [-0.25, -0.2) is 0 Å². The van der Waals surface area contributed by atoms with Crippen LogP contribution in [0, 0.1) is 5.92 Å². The van der Waals surface area contributed by atoms with Gasteiger partial charge in [0.05, 0.1) is 0 Å². The Morgan fingerprint density at radius 2 is 1.75 bits per heavy atom. The molecule has 0 aliphatic carbocycles. The Balaban J connectivity index is 2.81. The Bertz CT molecular complexity index is 425. The minimum atomic E-state index is -0.752. The molecule has 0 heterocycles. The molecular weight excluding hydrogens is 250 g/mol. The predicted molar refractivity (Wildman–Crippen MR) is 82.9 cm³/mol. The number of hydrogen-bond donors (Lipinski definition) is 1. The number of hydrogen-bond acceptors (Lipinski definition) is 2. The number of carboxylic acid groups (broad SMARTS) is 1. The molecule has 1 rings (SSSR count). The first kappa shape index (κ1) is 16.7. The highest BCUT2D eigenvalue weighted by atomic mass is 16.4. The van der Waals surface area contributed by atoms with E-state index in [1.807, 2.05) is 18.9 Å². The second-order valence-electron chi connectivity index (χ2n) is 5.94. The Morgan fingerprint density at radius 1 is 1.20 bits per heavy atom. The van der Waals surface area contributed by atoms with Crippen molar-refractivity contribution in [3.05, 3.63) is 35.4 Å². The predicted octanol–water partition coefficient (Wildman–Crippen LogP) is 3.74. The Kier molecular flexibility index (Phi) is 6.21. The number of rotatable bonds is 7. The lowest BCUT2D eigenvalue weighted by molar-refractivity contribution is -0.143. The highest BCUT2D eigenvalue weighted by molar-refractivity contribution is 5.73. The standard InChI is InChI=1S/C17H27NO2/c1-6-16(17(19)20)18(5)13(4)15-9-7-14(8-10-15)11-12(2)3/h7-10,12-13,16H,6,11H2,1-5H3,(H,19,20). The molecule has 0 amide bonds. The van der Waals surface area contributed by atoms with E-state index < -0.39 is 12.0 Å². The first-order valence-corrected chi connectivity index (χ1v) is 7.40. The molecule has 2 unspecified atom stereocenters. The average molecular weight is 277 g/mol. The van der Waals surface area contributed by atoms with Crippen LogP contribution in [0.5, 0.6) is 0 Å². The molecular formula is C17H27NO2. The molecule has 1 aromatic rings. The van der Waals surface area contributed by atoms with Gasteiger partial charge in [0.25, 0.3) is 0 Å². The van der Waals surface area contributed by atoms with Gasteiger partial charge in [-0.2, -0.15) is 0 Å². The number of benzene rings is 1. The van der Waals surface area contributed by atoms with Crippen molar-refractivity contribution in [1.82, 2.24) is 4.90 Å². The van der Waals surface area contributed by atoms with Crippen LogP contribution in [-0.4, -0.2) is 29.1 Å². The molecule has 20 heavy (non-hydrogen) atoms. The van der Waals surface area contributed by atoms with E-state index in [0.29, 0.717) is 12.3 Å². The molecule has 1 aromatic carbocycles. The summed E-state index contributed by atoms with van der Waals surface area (Å²) >= 11 is 0. The third kappa shape index (κ3) is 4.34. The fraction of sp³-hybridized carbons (Fsp3) is 0.588. The van der Waals surface area contributed by atoms with Crippen molar-refractivity contribution in [3.8, 4) is 0 Å². The normalized spacial score (nSPS) is 14.6. The topological polar surface area (TPSA) is 40.5 Å². The highest BCUT2D eigenvalue weighted by Gasteiger charge is 2.25. The van der Waals surface area contributed by atoms with Gasteiger partial charge in [-0.1, -0.05) is 45.0 Å². The highest BCUT2D eigenvalue weighted by Crippen LogP contribution is 2.23. The number of carbonyl (C=O) groups is 1. The zero-order valence-corrected chi connectivity index (χ0v) is 13.3. The van der Waals surface area contributed by atoms with E-state index in [1.54, 1.807) is 0 Å². The van der Waals surface area contributed by atoms with Gasteiger partial charge >= 0.3 is 5.97 Å². The molecule has 0 spiro atoms. The number of likely N-dealkylation sites (N-methyl/N-ethyl adjacent to an activating group) is 1. The van der Waals surface area contributed by atoms with Gasteiger partial charge in [0.2, 0.25) is 0 Å². The van der Waals surface area contributed by atoms with Gasteiger partial charge in [0.1, 0.15) is 6.04 Å². The summed E-state index contributed by atoms with van der Waals surface area (Å²) in [5.41, 5.74) is 2.50. The summed E-state index contributed by atoms with van der Waals surface area (Å²) in [5.74, 6) is -0.101. The van der Waals surface area contributed by atoms with E-state index in [4.69, 9.17) is 0 Å². The van der Waals surface area contributed by atoms with Crippen LogP contribution in [0.3, 0.4) is 0 Å². The third-order valence-electron chi connectivity index (χ3n) is 3.88. The Hall–Kier alpha value is -1.35. The second-order valence-corrected chi connectivity index (χ2v) is 5.94. The monoisotopic (exact) mass is 277 g/mol. The number of nitrogens with zero attached hydrogens (tertiary/aromatic N) is 1. The van der Waals surface area contributed by atoms with E-state index in [2.05, 4.69) is 45.0 Å². The number of carboxylic acids is 1. The summed E-state index contributed by atoms with van der Waals surface area (Å²) in [5, 5.41) is 9.24. The molecule has 0 aliphatic heterocycles. The van der Waals surface area contributed by atoms with Crippen LogP contribution in [0.2, 0.25) is 0 Å². The van der Waals surface area contributed by atoms with Gasteiger partial charge in [0, 0.05) is 6.04 Å². The van der Waals surface area contributed by atoms with Crippen molar-refractivity contribution in [1.29, 1.82) is 0 Å². The zero-order valence-electron chi connectivity index (χ0n) is 13.3. The van der Waals surface area contributed by atoms with Gasteiger partial charge in [-0.05, 0) is 43.9 Å². The molecule has 112 valence electrons. The van der Waals surface area contributed by atoms with E-state index in [0.717, 1.165) is 6.42 Å². The van der Waals surface area contributed by atoms with Crippen molar-refractivity contribution in [2.24, 2.45) is 5.92 Å². The molecule has 0 saturated carbocycles. The second kappa shape index (κ2) is 7.44. The molecule has 1 N–H and O–H groups in total. The smallest absolute Gasteiger partial charge is 0.320 e. The molecule has 3 nitrogen and oxygen atoms in total. The van der Waals surface area contributed by atoms with E-state index >= 15 is 0 Å². The van der Waals surface area contributed by atoms with Gasteiger partial charge in [-0.15, -0.1) is 0 Å². The van der Waals surface area contributed by atoms with Crippen LogP contribution >= 0.6 is 0 Å². The molecule has 0 saturated heterocycles. The van der Waals surface area contributed by atoms with E-state index in [1.165, 1.54) is 11.1 Å². The molecule has 0 aliphatic rings. The van der Waals surface area contributed by atoms with Gasteiger partial charge in [0.15, 0.2) is 0 Å². The van der Waals surface area contributed by atoms with Crippen LogP contribution in [0.1, 0.15) is 51.3 Å². The van der Waals surface area contributed by atoms with Crippen LogP contribution < -0.4 is 0 Å². The fourth-order valence-corrected chi connectivity index (χ4v) is 2.55. The van der Waals surface area contributed by atoms with Crippen molar-refractivity contribution in [2.45, 2.75) is 52.6 Å². The molecule has 2 atom stereocenters. The van der Waals surface area contributed by atoms with Gasteiger partial charge in [-0.3, -0.25) is 9.69 Å². The zero-order chi connectivity index (χ0) is 15.3. The molecule has 0 radical (unpaired) electrons. The van der Waals surface area contributed by atoms with E-state index in [9.17, 15) is 9.90 Å². The van der Waals surface area contributed by atoms with Gasteiger partial charge < -0.3 is 5.11 Å². The third-order valence-corrected chi connectivity index (χ3v) is 3.88. The summed E-state index contributed by atoms with van der Waals surface area (Å²) in [7, 11) is 1.88. The molecule has 0 bridgehead atoms. The lowest BCUT2D eigenvalue weighted by Gasteiger charge is -2.30. The quantitative estimate of drug-likeness (QED) is 0.825. The molecule has 0 aromatic heterocycles. The summed E-state index contributed by atoms with van der Waals surface area (Å²) in [4.78, 5) is 13.2. The summed E-state index contributed by atoms with van der Waals surface area (Å²) in [6, 6.07) is 8.22. The summed E-state index contributed by atoms with van der Waals surface area (Å²) in [6.07, 6.45) is 1.69. The minimum Gasteiger partial charge on any atom is -0.480 e. The maximum absolute atomic E-state index is 11.2. The maximum Gasteiger partial charge on any atom is 0.320 e. The lowest BCUT2D eigenvalue weighted by Crippen LogP contribution is -2.39. The number of aliphatic carboxylic acids is 1. The molecule has 3 heteroatoms. The first-order chi connectivity index (χ1) is 9.36. The first-order valence-electron chi connectivity index (χ1n) is 7.40. The van der Waals surface area contributed by atoms with Crippen LogP contribution in [0.4, 0.5) is 0 Å². The van der Waals surface area contributed by atoms with Crippen LogP contribution in [0.15, 0.2) is 24.3 Å². The van der Waals surface area contributed by atoms with E-state index in [-0.39, 0.29) is 6.04 Å². The van der Waals surface area contributed by atoms with Crippen molar-refractivity contribution in [3.63, 3.8) is 0 Å². The molecule has 0 fully saturated rings. The fourth-order valence-electron chi connectivity index (χ4n) is 2.55. The van der Waals surface area contributed by atoms with Crippen LogP contribution in [-0.2, 0) is 11.2 Å². The summed E-state index contributed by atoms with van der Waals surface area (Å²) in [6.45, 7) is 8.39. The SMILES string of the molecule is CCC(C(=O)O)N(C)C(C)c1ccc(CC(C)C)cc1. The maximum atomic E-state index is 11.2. The van der Waals surface area contributed by atoms with Crippen molar-refractivity contribution in [2.75, 3.05) is 7.05 Å². The van der Waals surface area contributed by atoms with Crippen molar-refractivity contribution >= 4 is 5.97 Å². The average Bonchev–Trinajstić information content (AvgIpc) is 2.38. The van der Waals surface area contributed by atoms with Crippen molar-refractivity contribution < 1.29 is 9.90 Å². The largest absolute Gasteiger partial charge is 0.480 e.